The topological polar surface area (TPSA) is 155 Å². The standard InChI is InChI=1S/C28H28ClF3N6O.C21H21BrF3N5O/c1-16-4-6-19(29)13-22(16)36-25-14-23(33-11-3-10-28(30,31)32)26-34-15-24(38(26)37-25)18-5-9-21(17(2)12-18)27(39)35-20-7-8-20;1-12-9-13(3-6-15(12)20(31)28-14-4-5-14)17-11-27-19-16(10-18(22)29-30(17)19)26-8-2-7-21(23,24)25/h4-6,9,12-15,20,33H,3,7-8,10-11H2,1-2H3,(H,35,39)(H,36,37);3,6,9-11,14,26H,2,4-5,7-8H2,1H3,(H,28,31). The van der Waals surface area contributed by atoms with Crippen LogP contribution >= 0.6 is 27.5 Å². The fourth-order valence-corrected chi connectivity index (χ4v) is 8.21. The number of hydrogen-bond donors (Lipinski definition) is 5. The van der Waals surface area contributed by atoms with Crippen molar-refractivity contribution in [2.75, 3.05) is 29.0 Å². The van der Waals surface area contributed by atoms with Gasteiger partial charge in [0.15, 0.2) is 17.1 Å². The van der Waals surface area contributed by atoms with E-state index in [1.54, 1.807) is 57.8 Å². The molecule has 0 aliphatic heterocycles. The second kappa shape index (κ2) is 20.9. The van der Waals surface area contributed by atoms with Crippen LogP contribution in [-0.2, 0) is 0 Å². The molecule has 13 nitrogen and oxygen atoms in total. The van der Waals surface area contributed by atoms with Gasteiger partial charge in [-0.05, 0) is 134 Å². The van der Waals surface area contributed by atoms with E-state index in [1.165, 1.54) is 0 Å². The normalized spacial score (nSPS) is 13.8. The maximum Gasteiger partial charge on any atom is 0.389 e. The molecule has 2 saturated carbocycles. The zero-order valence-electron chi connectivity index (χ0n) is 38.3. The van der Waals surface area contributed by atoms with Crippen LogP contribution in [0, 0.1) is 20.8 Å². The lowest BCUT2D eigenvalue weighted by Gasteiger charge is -2.14. The number of rotatable bonds is 16. The van der Waals surface area contributed by atoms with Crippen molar-refractivity contribution in [2.45, 2.75) is 96.6 Å². The number of amides is 2. The SMILES string of the molecule is Cc1cc(-c2cnc3c(NCCCC(F)(F)F)cc(Br)nn23)ccc1C(=O)NC1CC1.Cc1ccc(Cl)cc1Nc1cc(NCCCC(F)(F)F)c2ncc(-c3ccc(C(=O)NC4CC4)c(C)c3)n2n1. The van der Waals surface area contributed by atoms with Crippen molar-refractivity contribution in [3.63, 3.8) is 0 Å². The molecule has 368 valence electrons. The smallest absolute Gasteiger partial charge is 0.382 e. The Morgan fingerprint density at radius 3 is 1.60 bits per heavy atom. The van der Waals surface area contributed by atoms with Gasteiger partial charge in [0.05, 0.1) is 35.2 Å². The molecule has 9 rings (SSSR count). The summed E-state index contributed by atoms with van der Waals surface area (Å²) in [7, 11) is 0. The lowest BCUT2D eigenvalue weighted by Crippen LogP contribution is -2.26. The summed E-state index contributed by atoms with van der Waals surface area (Å²) in [5.74, 6) is 0.296. The predicted octanol–water partition coefficient (Wildman–Crippen LogP) is 12.2. The number of carbonyl (C=O) groups is 2. The lowest BCUT2D eigenvalue weighted by molar-refractivity contribution is -0.135. The summed E-state index contributed by atoms with van der Waals surface area (Å²) in [5.41, 5.74) is 9.73. The highest BCUT2D eigenvalue weighted by molar-refractivity contribution is 9.10. The van der Waals surface area contributed by atoms with Gasteiger partial charge in [0, 0.05) is 77.0 Å². The Morgan fingerprint density at radius 2 is 1.13 bits per heavy atom. The van der Waals surface area contributed by atoms with Crippen LogP contribution in [0.15, 0.2) is 83.7 Å². The zero-order chi connectivity index (χ0) is 49.9. The molecule has 4 heterocycles. The Morgan fingerprint density at radius 1 is 0.643 bits per heavy atom. The minimum absolute atomic E-state index is 0.0350. The summed E-state index contributed by atoms with van der Waals surface area (Å²) in [4.78, 5) is 33.9. The van der Waals surface area contributed by atoms with Crippen LogP contribution in [0.5, 0.6) is 0 Å². The van der Waals surface area contributed by atoms with Crippen molar-refractivity contribution in [2.24, 2.45) is 0 Å². The zero-order valence-corrected chi connectivity index (χ0v) is 40.6. The number of alkyl halides is 6. The summed E-state index contributed by atoms with van der Waals surface area (Å²) < 4.78 is 79.0. The number of nitrogens with zero attached hydrogens (tertiary/aromatic N) is 6. The number of hydrogen-bond acceptors (Lipinski definition) is 9. The number of aryl methyl sites for hydroxylation is 3. The average Bonchev–Trinajstić information content (AvgIpc) is 4.21. The molecule has 70 heavy (non-hydrogen) atoms. The Hall–Kier alpha value is -6.41. The maximum atomic E-state index is 12.7. The predicted molar refractivity (Wildman–Crippen MR) is 262 cm³/mol. The van der Waals surface area contributed by atoms with Crippen molar-refractivity contribution < 1.29 is 35.9 Å². The molecule has 4 aromatic heterocycles. The first-order chi connectivity index (χ1) is 33.3. The average molecular weight is 1050 g/mol. The van der Waals surface area contributed by atoms with Crippen LogP contribution in [0.1, 0.15) is 88.8 Å². The molecule has 0 bridgehead atoms. The number of halogens is 8. The Bertz CT molecular complexity index is 3060. The van der Waals surface area contributed by atoms with Gasteiger partial charge in [0.25, 0.3) is 11.8 Å². The second-order valence-corrected chi connectivity index (χ2v) is 18.8. The van der Waals surface area contributed by atoms with Crippen LogP contribution in [0.4, 0.5) is 49.2 Å². The van der Waals surface area contributed by atoms with Crippen molar-refractivity contribution in [1.82, 2.24) is 39.8 Å². The molecule has 2 aliphatic rings. The Kier molecular flexibility index (Phi) is 14.9. The minimum atomic E-state index is -4.22. The molecule has 3 aromatic carbocycles. The molecular formula is C49H49BrClF6N11O2. The van der Waals surface area contributed by atoms with Crippen LogP contribution in [0.25, 0.3) is 33.8 Å². The van der Waals surface area contributed by atoms with E-state index >= 15 is 0 Å². The third kappa shape index (κ3) is 12.9. The van der Waals surface area contributed by atoms with Crippen molar-refractivity contribution in [3.8, 4) is 22.5 Å². The van der Waals surface area contributed by atoms with E-state index in [0.29, 0.717) is 60.6 Å². The molecule has 21 heteroatoms. The number of benzene rings is 3. The first-order valence-corrected chi connectivity index (χ1v) is 23.9. The van der Waals surface area contributed by atoms with Crippen molar-refractivity contribution in [1.29, 1.82) is 0 Å². The van der Waals surface area contributed by atoms with E-state index in [2.05, 4.69) is 57.6 Å². The number of anilines is 4. The molecule has 7 aromatic rings. The Labute approximate surface area is 412 Å². The molecule has 0 atom stereocenters. The van der Waals surface area contributed by atoms with Gasteiger partial charge in [0.2, 0.25) is 0 Å². The summed E-state index contributed by atoms with van der Waals surface area (Å²) in [6.45, 7) is 5.97. The molecule has 0 radical (unpaired) electrons. The third-order valence-electron chi connectivity index (χ3n) is 11.6. The summed E-state index contributed by atoms with van der Waals surface area (Å²) in [6, 6.07) is 20.5. The molecule has 0 saturated heterocycles. The second-order valence-electron chi connectivity index (χ2n) is 17.5. The van der Waals surface area contributed by atoms with Crippen LogP contribution in [0.2, 0.25) is 5.02 Å². The van der Waals surface area contributed by atoms with Gasteiger partial charge in [-0.25, -0.2) is 19.0 Å². The van der Waals surface area contributed by atoms with Crippen LogP contribution < -0.4 is 26.6 Å². The van der Waals surface area contributed by atoms with Gasteiger partial charge in [-0.3, -0.25) is 9.59 Å². The van der Waals surface area contributed by atoms with Crippen LogP contribution in [0.3, 0.4) is 0 Å². The van der Waals surface area contributed by atoms with Gasteiger partial charge in [-0.15, -0.1) is 5.10 Å². The lowest BCUT2D eigenvalue weighted by atomic mass is 10.0. The number of carbonyl (C=O) groups excluding carboxylic acids is 2. The number of imidazole rings is 2. The number of aromatic nitrogens is 6. The fraction of sp³-hybridized carbons (Fsp3) is 0.347. The van der Waals surface area contributed by atoms with Gasteiger partial charge in [-0.1, -0.05) is 29.8 Å². The van der Waals surface area contributed by atoms with E-state index in [0.717, 1.165) is 59.2 Å². The highest BCUT2D eigenvalue weighted by atomic mass is 79.9. The molecule has 0 unspecified atom stereocenters. The summed E-state index contributed by atoms with van der Waals surface area (Å²) >= 11 is 9.55. The number of fused-ring (bicyclic) bond motifs is 2. The maximum absolute atomic E-state index is 12.7. The summed E-state index contributed by atoms with van der Waals surface area (Å²) in [5, 5.41) is 25.1. The third-order valence-corrected chi connectivity index (χ3v) is 12.3. The largest absolute Gasteiger partial charge is 0.389 e. The number of nitrogens with one attached hydrogen (secondary N) is 5. The van der Waals surface area contributed by atoms with Gasteiger partial charge >= 0.3 is 12.4 Å². The van der Waals surface area contributed by atoms with Gasteiger partial charge in [0.1, 0.15) is 4.60 Å². The highest BCUT2D eigenvalue weighted by Gasteiger charge is 2.28. The molecule has 0 spiro atoms. The minimum Gasteiger partial charge on any atom is -0.382 e. The Balaban J connectivity index is 0.000000193. The van der Waals surface area contributed by atoms with E-state index in [4.69, 9.17) is 16.7 Å². The molecule has 5 N–H and O–H groups in total. The molecular weight excluding hydrogens is 1000 g/mol. The fourth-order valence-electron chi connectivity index (χ4n) is 7.65. The molecule has 2 aliphatic carbocycles. The first-order valence-electron chi connectivity index (χ1n) is 22.7. The van der Waals surface area contributed by atoms with Gasteiger partial charge in [-0.2, -0.15) is 31.4 Å². The van der Waals surface area contributed by atoms with E-state index in [-0.39, 0.29) is 49.8 Å². The monoisotopic (exact) mass is 1050 g/mol. The quantitative estimate of drug-likeness (QED) is 0.0470. The van der Waals surface area contributed by atoms with Crippen molar-refractivity contribution >= 4 is 73.5 Å². The molecule has 2 fully saturated rings. The van der Waals surface area contributed by atoms with Crippen LogP contribution in [-0.4, -0.2) is 78.5 Å². The highest BCUT2D eigenvalue weighted by Crippen LogP contribution is 2.32. The summed E-state index contributed by atoms with van der Waals surface area (Å²) in [6.07, 6.45) is -2.83. The van der Waals surface area contributed by atoms with Crippen molar-refractivity contribution in [3.05, 3.63) is 117 Å². The van der Waals surface area contributed by atoms with E-state index in [1.807, 2.05) is 51.1 Å². The first kappa shape index (κ1) is 50.0. The van der Waals surface area contributed by atoms with Gasteiger partial charge < -0.3 is 26.6 Å². The molecule has 2 amide bonds. The van der Waals surface area contributed by atoms with E-state index in [9.17, 15) is 35.9 Å². The van der Waals surface area contributed by atoms with E-state index < -0.39 is 25.2 Å².